The second kappa shape index (κ2) is 8.18. The molecule has 1 aliphatic carbocycles. The molecular weight excluding hydrogens is 367 g/mol. The minimum Gasteiger partial charge on any atom is -0.444 e. The van der Waals surface area contributed by atoms with Gasteiger partial charge in [-0.3, -0.25) is 0 Å². The fraction of sp³-hybridized carbons (Fsp3) is 0.591. The third-order valence-corrected chi connectivity index (χ3v) is 5.22. The zero-order valence-electron chi connectivity index (χ0n) is 17.3. The van der Waals surface area contributed by atoms with E-state index in [1.807, 2.05) is 26.8 Å². The largest absolute Gasteiger partial charge is 0.444 e. The van der Waals surface area contributed by atoms with Gasteiger partial charge in [-0.25, -0.2) is 4.79 Å². The third kappa shape index (κ3) is 6.01. The molecule has 0 atom stereocenters. The van der Waals surface area contributed by atoms with Gasteiger partial charge in [0.05, 0.1) is 5.56 Å². The Morgan fingerprint density at radius 1 is 1.21 bits per heavy atom. The van der Waals surface area contributed by atoms with E-state index in [-0.39, 0.29) is 11.5 Å². The zero-order chi connectivity index (χ0) is 21.2. The van der Waals surface area contributed by atoms with Gasteiger partial charge in [0.2, 0.25) is 0 Å². The summed E-state index contributed by atoms with van der Waals surface area (Å²) in [7, 11) is 1.76. The number of rotatable bonds is 5. The lowest BCUT2D eigenvalue weighted by molar-refractivity contribution is -0.137. The highest BCUT2D eigenvalue weighted by Gasteiger charge is 2.43. The van der Waals surface area contributed by atoms with Gasteiger partial charge in [-0.15, -0.1) is 0 Å². The van der Waals surface area contributed by atoms with Gasteiger partial charge in [0.15, 0.2) is 0 Å². The van der Waals surface area contributed by atoms with E-state index in [1.54, 1.807) is 11.9 Å². The van der Waals surface area contributed by atoms with E-state index < -0.39 is 17.3 Å². The first kappa shape index (κ1) is 22.3. The van der Waals surface area contributed by atoms with E-state index >= 15 is 0 Å². The molecule has 1 aromatic carbocycles. The number of carbonyl (C=O) groups is 1. The molecule has 6 heteroatoms. The lowest BCUT2D eigenvalue weighted by atomic mass is 9.60. The molecule has 0 aliphatic heterocycles. The van der Waals surface area contributed by atoms with Crippen LogP contribution < -0.4 is 0 Å². The van der Waals surface area contributed by atoms with Crippen molar-refractivity contribution in [3.05, 3.63) is 41.5 Å². The molecule has 0 spiro atoms. The van der Waals surface area contributed by atoms with Gasteiger partial charge in [-0.2, -0.15) is 13.2 Å². The first-order valence-electron chi connectivity index (χ1n) is 9.63. The minimum absolute atomic E-state index is 0.0702. The Bertz CT molecular complexity index is 696. The van der Waals surface area contributed by atoms with Crippen molar-refractivity contribution in [1.82, 2.24) is 4.90 Å². The van der Waals surface area contributed by atoms with Crippen LogP contribution in [0.1, 0.15) is 58.1 Å². The quantitative estimate of drug-likeness (QED) is 0.576. The predicted octanol–water partition coefficient (Wildman–Crippen LogP) is 6.39. The third-order valence-electron chi connectivity index (χ3n) is 5.22. The highest BCUT2D eigenvalue weighted by molar-refractivity contribution is 5.67. The van der Waals surface area contributed by atoms with Gasteiger partial charge in [-0.1, -0.05) is 31.2 Å². The second-order valence-electron chi connectivity index (χ2n) is 8.84. The molecule has 1 amide bonds. The van der Waals surface area contributed by atoms with Gasteiger partial charge in [0, 0.05) is 13.6 Å². The molecule has 28 heavy (non-hydrogen) atoms. The maximum absolute atomic E-state index is 12.6. The molecule has 156 valence electrons. The van der Waals surface area contributed by atoms with Crippen LogP contribution in [0.25, 0.3) is 6.08 Å². The normalized spacial score (nSPS) is 22.8. The molecule has 1 aliphatic rings. The highest BCUT2D eigenvalue weighted by Crippen LogP contribution is 2.49. The minimum atomic E-state index is -4.31. The Balaban J connectivity index is 1.90. The number of nitrogens with zero attached hydrogens (tertiary/aromatic N) is 1. The highest BCUT2D eigenvalue weighted by atomic mass is 19.4. The lowest BCUT2D eigenvalue weighted by Crippen LogP contribution is -2.47. The van der Waals surface area contributed by atoms with Crippen molar-refractivity contribution in [2.45, 2.75) is 58.7 Å². The van der Waals surface area contributed by atoms with Crippen molar-refractivity contribution in [1.29, 1.82) is 0 Å². The van der Waals surface area contributed by atoms with Crippen LogP contribution in [0.3, 0.4) is 0 Å². The molecule has 0 heterocycles. The van der Waals surface area contributed by atoms with Gasteiger partial charge >= 0.3 is 12.3 Å². The molecule has 1 fully saturated rings. The van der Waals surface area contributed by atoms with E-state index in [9.17, 15) is 18.0 Å². The molecule has 3 nitrogen and oxygen atoms in total. The van der Waals surface area contributed by atoms with Crippen LogP contribution in [0.15, 0.2) is 30.3 Å². The molecule has 0 N–H and O–H groups in total. The van der Waals surface area contributed by atoms with Gasteiger partial charge in [0.25, 0.3) is 0 Å². The Kier molecular flexibility index (Phi) is 6.51. The fourth-order valence-electron chi connectivity index (χ4n) is 3.66. The summed E-state index contributed by atoms with van der Waals surface area (Å²) in [5, 5.41) is 0. The van der Waals surface area contributed by atoms with E-state index in [2.05, 4.69) is 13.0 Å². The molecule has 0 bridgehead atoms. The molecule has 2 rings (SSSR count). The standard InChI is InChI=1S/C22H30F3NO2/c1-6-21(15-26(5)19(27)28-20(2,3)4)13-17(14-21)8-7-16-9-11-18(12-10-16)22(23,24)25/h7-12,17H,6,13-15H2,1-5H3/b8-7+. The SMILES string of the molecule is CCC1(CN(C)C(=O)OC(C)(C)C)CC(/C=C/c2ccc(C(F)(F)F)cc2)C1. The van der Waals surface area contributed by atoms with E-state index in [1.165, 1.54) is 12.1 Å². The number of benzene rings is 1. The van der Waals surface area contributed by atoms with Crippen LogP contribution in [0.4, 0.5) is 18.0 Å². The number of halogens is 3. The number of hydrogen-bond donors (Lipinski definition) is 0. The lowest BCUT2D eigenvalue weighted by Gasteiger charge is -2.48. The monoisotopic (exact) mass is 397 g/mol. The van der Waals surface area contributed by atoms with Crippen LogP contribution in [-0.2, 0) is 10.9 Å². The maximum Gasteiger partial charge on any atom is 0.416 e. The van der Waals surface area contributed by atoms with Crippen LogP contribution in [-0.4, -0.2) is 30.2 Å². The number of allylic oxidation sites excluding steroid dienone is 1. The Hall–Kier alpha value is -1.98. The molecule has 1 saturated carbocycles. The van der Waals surface area contributed by atoms with Crippen molar-refractivity contribution in [2.24, 2.45) is 11.3 Å². The summed E-state index contributed by atoms with van der Waals surface area (Å²) in [6, 6.07) is 5.18. The number of ether oxygens (including phenoxy) is 1. The van der Waals surface area contributed by atoms with Gasteiger partial charge in [0.1, 0.15) is 5.60 Å². The molecule has 0 aromatic heterocycles. The van der Waals surface area contributed by atoms with E-state index in [0.29, 0.717) is 12.5 Å². The van der Waals surface area contributed by atoms with Crippen LogP contribution in [0.5, 0.6) is 0 Å². The van der Waals surface area contributed by atoms with Gasteiger partial charge in [-0.05, 0) is 69.1 Å². The number of alkyl halides is 3. The first-order valence-corrected chi connectivity index (χ1v) is 9.63. The Morgan fingerprint density at radius 3 is 2.25 bits per heavy atom. The maximum atomic E-state index is 12.6. The van der Waals surface area contributed by atoms with Crippen molar-refractivity contribution >= 4 is 12.2 Å². The first-order chi connectivity index (χ1) is 12.8. The van der Waals surface area contributed by atoms with Crippen molar-refractivity contribution < 1.29 is 22.7 Å². The van der Waals surface area contributed by atoms with Crippen LogP contribution in [0, 0.1) is 11.3 Å². The van der Waals surface area contributed by atoms with Crippen molar-refractivity contribution in [2.75, 3.05) is 13.6 Å². The summed E-state index contributed by atoms with van der Waals surface area (Å²) in [5.41, 5.74) is -0.325. The molecular formula is C22H30F3NO2. The fourth-order valence-corrected chi connectivity index (χ4v) is 3.66. The summed E-state index contributed by atoms with van der Waals surface area (Å²) < 4.78 is 43.3. The summed E-state index contributed by atoms with van der Waals surface area (Å²) in [6.07, 6.45) is 2.18. The topological polar surface area (TPSA) is 29.5 Å². The average molecular weight is 397 g/mol. The summed E-state index contributed by atoms with van der Waals surface area (Å²) in [5.74, 6) is 0.370. The van der Waals surface area contributed by atoms with Crippen molar-refractivity contribution in [3.63, 3.8) is 0 Å². The molecule has 0 saturated heterocycles. The number of hydrogen-bond acceptors (Lipinski definition) is 2. The van der Waals surface area contributed by atoms with Crippen LogP contribution >= 0.6 is 0 Å². The smallest absolute Gasteiger partial charge is 0.416 e. The predicted molar refractivity (Wildman–Crippen MR) is 105 cm³/mol. The molecule has 1 aromatic rings. The molecule has 0 radical (unpaired) electrons. The van der Waals surface area contributed by atoms with E-state index in [0.717, 1.165) is 37.0 Å². The number of carbonyl (C=O) groups excluding carboxylic acids is 1. The second-order valence-corrected chi connectivity index (χ2v) is 8.84. The Morgan fingerprint density at radius 2 is 1.79 bits per heavy atom. The average Bonchev–Trinajstić information content (AvgIpc) is 2.54. The van der Waals surface area contributed by atoms with Crippen LogP contribution in [0.2, 0.25) is 0 Å². The molecule has 0 unspecified atom stereocenters. The Labute approximate surface area is 165 Å². The van der Waals surface area contributed by atoms with Gasteiger partial charge < -0.3 is 9.64 Å². The summed E-state index contributed by atoms with van der Waals surface area (Å²) in [6.45, 7) is 8.31. The summed E-state index contributed by atoms with van der Waals surface area (Å²) >= 11 is 0. The number of amides is 1. The summed E-state index contributed by atoms with van der Waals surface area (Å²) in [4.78, 5) is 13.8. The van der Waals surface area contributed by atoms with E-state index in [4.69, 9.17) is 4.74 Å². The van der Waals surface area contributed by atoms with Crippen molar-refractivity contribution in [3.8, 4) is 0 Å². The zero-order valence-corrected chi connectivity index (χ0v) is 17.3.